The van der Waals surface area contributed by atoms with Gasteiger partial charge in [-0.05, 0) is 24.1 Å². The molecule has 0 unspecified atom stereocenters. The molecule has 0 fully saturated rings. The molecule has 0 saturated heterocycles. The fourth-order valence-corrected chi connectivity index (χ4v) is 0.720. The lowest BCUT2D eigenvalue weighted by molar-refractivity contribution is -0.106. The highest BCUT2D eigenvalue weighted by Crippen LogP contribution is 2.01. The minimum absolute atomic E-state index is 0.160. The Morgan fingerprint density at radius 1 is 1.42 bits per heavy atom. The zero-order valence-electron chi connectivity index (χ0n) is 6.96. The Labute approximate surface area is 71.2 Å². The molecule has 3 heteroatoms. The van der Waals surface area contributed by atoms with Crippen molar-refractivity contribution in [1.29, 1.82) is 0 Å². The molecule has 1 aromatic rings. The van der Waals surface area contributed by atoms with Gasteiger partial charge in [0.1, 0.15) is 5.82 Å². The van der Waals surface area contributed by atoms with Crippen LogP contribution in [0.15, 0.2) is 24.3 Å². The molecule has 1 rings (SSSR count). The first-order valence-electron chi connectivity index (χ1n) is 3.64. The van der Waals surface area contributed by atoms with E-state index in [1.54, 1.807) is 12.1 Å². The second kappa shape index (κ2) is 6.34. The van der Waals surface area contributed by atoms with Crippen LogP contribution in [0, 0.1) is 5.82 Å². The van der Waals surface area contributed by atoms with Gasteiger partial charge in [0.15, 0.2) is 0 Å². The first-order chi connectivity index (χ1) is 5.74. The molecule has 0 aliphatic carbocycles. The maximum absolute atomic E-state index is 12.2. The van der Waals surface area contributed by atoms with Gasteiger partial charge in [0.2, 0.25) is 6.41 Å². The number of carbonyl (C=O) groups is 1. The molecule has 2 N–H and O–H groups in total. The SMILES string of the molecule is CCc1ccc(F)cc1.NC=O. The number of carbonyl (C=O) groups excluding carboxylic acids is 1. The van der Waals surface area contributed by atoms with Crippen LogP contribution in [-0.2, 0) is 11.2 Å². The summed E-state index contributed by atoms with van der Waals surface area (Å²) in [6, 6.07) is 6.57. The fourth-order valence-electron chi connectivity index (χ4n) is 0.720. The van der Waals surface area contributed by atoms with Crippen molar-refractivity contribution in [2.24, 2.45) is 5.73 Å². The lowest BCUT2D eigenvalue weighted by atomic mass is 10.2. The van der Waals surface area contributed by atoms with Crippen LogP contribution in [0.1, 0.15) is 12.5 Å². The Morgan fingerprint density at radius 3 is 2.17 bits per heavy atom. The van der Waals surface area contributed by atoms with Crippen LogP contribution in [0.5, 0.6) is 0 Å². The van der Waals surface area contributed by atoms with Crippen molar-refractivity contribution in [1.82, 2.24) is 0 Å². The van der Waals surface area contributed by atoms with Gasteiger partial charge in [0, 0.05) is 0 Å². The van der Waals surface area contributed by atoms with Crippen LogP contribution >= 0.6 is 0 Å². The van der Waals surface area contributed by atoms with Crippen molar-refractivity contribution < 1.29 is 9.18 Å². The second-order valence-electron chi connectivity index (χ2n) is 2.12. The van der Waals surface area contributed by atoms with E-state index in [0.717, 1.165) is 6.42 Å². The molecule has 0 atom stereocenters. The number of nitrogens with two attached hydrogens (primary N) is 1. The number of amides is 1. The molecular formula is C9H12FNO. The van der Waals surface area contributed by atoms with Crippen LogP contribution in [0.25, 0.3) is 0 Å². The zero-order valence-corrected chi connectivity index (χ0v) is 6.96. The quantitative estimate of drug-likeness (QED) is 0.636. The number of hydrogen-bond acceptors (Lipinski definition) is 1. The minimum Gasteiger partial charge on any atom is -0.372 e. The molecule has 1 aromatic carbocycles. The van der Waals surface area contributed by atoms with Crippen LogP contribution in [0.2, 0.25) is 0 Å². The lowest BCUT2D eigenvalue weighted by Crippen LogP contribution is -1.82. The first-order valence-corrected chi connectivity index (χ1v) is 3.64. The van der Waals surface area contributed by atoms with Crippen molar-refractivity contribution in [3.8, 4) is 0 Å². The molecule has 66 valence electrons. The summed E-state index contributed by atoms with van der Waals surface area (Å²) >= 11 is 0. The van der Waals surface area contributed by atoms with E-state index < -0.39 is 0 Å². The maximum atomic E-state index is 12.2. The summed E-state index contributed by atoms with van der Waals surface area (Å²) in [6.45, 7) is 2.05. The van der Waals surface area contributed by atoms with Gasteiger partial charge in [-0.15, -0.1) is 0 Å². The summed E-state index contributed by atoms with van der Waals surface area (Å²) in [7, 11) is 0. The van der Waals surface area contributed by atoms with Crippen molar-refractivity contribution in [3.63, 3.8) is 0 Å². The Bertz CT molecular complexity index is 220. The standard InChI is InChI=1S/C8H9F.CH3NO/c1-2-7-3-5-8(9)6-4-7;2-1-3/h3-6H,2H2,1H3;1H,(H2,2,3). The van der Waals surface area contributed by atoms with E-state index in [4.69, 9.17) is 4.79 Å². The van der Waals surface area contributed by atoms with Crippen molar-refractivity contribution in [2.45, 2.75) is 13.3 Å². The van der Waals surface area contributed by atoms with E-state index in [-0.39, 0.29) is 12.2 Å². The molecule has 0 aliphatic rings. The van der Waals surface area contributed by atoms with E-state index in [1.807, 2.05) is 6.92 Å². The Morgan fingerprint density at radius 2 is 1.83 bits per heavy atom. The number of rotatable bonds is 1. The number of primary amides is 1. The number of benzene rings is 1. The molecule has 1 amide bonds. The minimum atomic E-state index is -0.160. The molecule has 0 aromatic heterocycles. The largest absolute Gasteiger partial charge is 0.372 e. The second-order valence-corrected chi connectivity index (χ2v) is 2.12. The molecule has 0 spiro atoms. The molecule has 0 heterocycles. The van der Waals surface area contributed by atoms with Crippen LogP contribution in [0.4, 0.5) is 4.39 Å². The first kappa shape index (κ1) is 10.6. The Kier molecular flexibility index (Phi) is 5.61. The predicted octanol–water partition coefficient (Wildman–Crippen LogP) is 1.49. The van der Waals surface area contributed by atoms with Crippen molar-refractivity contribution in [3.05, 3.63) is 35.6 Å². The van der Waals surface area contributed by atoms with Gasteiger partial charge in [-0.2, -0.15) is 0 Å². The van der Waals surface area contributed by atoms with Gasteiger partial charge in [-0.1, -0.05) is 19.1 Å². The van der Waals surface area contributed by atoms with Gasteiger partial charge in [-0.25, -0.2) is 4.39 Å². The third kappa shape index (κ3) is 4.44. The average molecular weight is 169 g/mol. The summed E-state index contributed by atoms with van der Waals surface area (Å²) in [6.07, 6.45) is 1.22. The molecular weight excluding hydrogens is 157 g/mol. The highest BCUT2D eigenvalue weighted by Gasteiger charge is 1.87. The zero-order chi connectivity index (χ0) is 9.40. The molecule has 0 aliphatic heterocycles. The van der Waals surface area contributed by atoms with E-state index >= 15 is 0 Å². The summed E-state index contributed by atoms with van der Waals surface area (Å²) in [4.78, 5) is 8.58. The Hall–Kier alpha value is -1.38. The number of halogens is 1. The third-order valence-corrected chi connectivity index (χ3v) is 1.32. The van der Waals surface area contributed by atoms with Gasteiger partial charge in [0.25, 0.3) is 0 Å². The average Bonchev–Trinajstić information content (AvgIpc) is 2.07. The summed E-state index contributed by atoms with van der Waals surface area (Å²) in [5, 5.41) is 0. The number of hydrogen-bond donors (Lipinski definition) is 1. The van der Waals surface area contributed by atoms with E-state index in [9.17, 15) is 4.39 Å². The maximum Gasteiger partial charge on any atom is 0.204 e. The van der Waals surface area contributed by atoms with Gasteiger partial charge >= 0.3 is 0 Å². The lowest BCUT2D eigenvalue weighted by Gasteiger charge is -1.92. The summed E-state index contributed by atoms with van der Waals surface area (Å²) in [5.41, 5.74) is 5.34. The molecule has 0 bridgehead atoms. The molecule has 0 radical (unpaired) electrons. The Balaban J connectivity index is 0.000000354. The highest BCUT2D eigenvalue weighted by atomic mass is 19.1. The molecule has 2 nitrogen and oxygen atoms in total. The highest BCUT2D eigenvalue weighted by molar-refractivity contribution is 5.42. The summed E-state index contributed by atoms with van der Waals surface area (Å²) < 4.78 is 12.2. The molecule has 0 saturated carbocycles. The van der Waals surface area contributed by atoms with Gasteiger partial charge < -0.3 is 5.73 Å². The normalized spacial score (nSPS) is 8.17. The van der Waals surface area contributed by atoms with Crippen LogP contribution < -0.4 is 5.73 Å². The van der Waals surface area contributed by atoms with E-state index in [2.05, 4.69) is 5.73 Å². The van der Waals surface area contributed by atoms with Crippen LogP contribution in [-0.4, -0.2) is 6.41 Å². The van der Waals surface area contributed by atoms with Gasteiger partial charge in [-0.3, -0.25) is 4.79 Å². The van der Waals surface area contributed by atoms with E-state index in [1.165, 1.54) is 17.7 Å². The van der Waals surface area contributed by atoms with Crippen molar-refractivity contribution >= 4 is 6.41 Å². The van der Waals surface area contributed by atoms with Gasteiger partial charge in [0.05, 0.1) is 0 Å². The smallest absolute Gasteiger partial charge is 0.204 e. The monoisotopic (exact) mass is 169 g/mol. The topological polar surface area (TPSA) is 43.1 Å². The van der Waals surface area contributed by atoms with Crippen molar-refractivity contribution in [2.75, 3.05) is 0 Å². The molecule has 12 heavy (non-hydrogen) atoms. The summed E-state index contributed by atoms with van der Waals surface area (Å²) in [5.74, 6) is -0.160. The van der Waals surface area contributed by atoms with E-state index in [0.29, 0.717) is 0 Å². The number of aryl methyl sites for hydroxylation is 1. The predicted molar refractivity (Wildman–Crippen MR) is 46.0 cm³/mol. The third-order valence-electron chi connectivity index (χ3n) is 1.32. The van der Waals surface area contributed by atoms with Crippen LogP contribution in [0.3, 0.4) is 0 Å². The fraction of sp³-hybridized carbons (Fsp3) is 0.222.